The van der Waals surface area contributed by atoms with Crippen LogP contribution in [0, 0.1) is 5.92 Å². The van der Waals surface area contributed by atoms with Gasteiger partial charge >= 0.3 is 0 Å². The molecule has 8 heteroatoms. The fourth-order valence-corrected chi connectivity index (χ4v) is 3.99. The molecule has 0 radical (unpaired) electrons. The molecule has 30 heavy (non-hydrogen) atoms. The minimum atomic E-state index is -0.0222. The van der Waals surface area contributed by atoms with E-state index in [9.17, 15) is 4.79 Å². The molecule has 2 heterocycles. The Labute approximate surface area is 183 Å². The quantitative estimate of drug-likeness (QED) is 0.576. The normalized spacial score (nSPS) is 15.1. The minimum Gasteiger partial charge on any atom is -0.495 e. The van der Waals surface area contributed by atoms with Crippen molar-refractivity contribution >= 4 is 27.5 Å². The van der Waals surface area contributed by atoms with Crippen molar-refractivity contribution in [2.24, 2.45) is 5.92 Å². The van der Waals surface area contributed by atoms with E-state index in [1.54, 1.807) is 7.11 Å². The van der Waals surface area contributed by atoms with Gasteiger partial charge in [0.1, 0.15) is 5.75 Å². The van der Waals surface area contributed by atoms with Crippen molar-refractivity contribution in [3.05, 3.63) is 58.9 Å². The molecule has 2 aromatic carbocycles. The van der Waals surface area contributed by atoms with Crippen LogP contribution in [0.15, 0.2) is 57.5 Å². The third-order valence-corrected chi connectivity index (χ3v) is 5.73. The number of carbonyl (C=O) groups excluding carboxylic acids is 1. The predicted molar refractivity (Wildman–Crippen MR) is 117 cm³/mol. The second kappa shape index (κ2) is 9.40. The van der Waals surface area contributed by atoms with E-state index in [1.165, 1.54) is 0 Å². The third kappa shape index (κ3) is 4.88. The summed E-state index contributed by atoms with van der Waals surface area (Å²) in [5.41, 5.74) is 1.62. The van der Waals surface area contributed by atoms with E-state index in [0.717, 1.165) is 36.0 Å². The summed E-state index contributed by atoms with van der Waals surface area (Å²) in [6.45, 7) is 2.19. The summed E-state index contributed by atoms with van der Waals surface area (Å²) in [4.78, 5) is 19.4. The van der Waals surface area contributed by atoms with Gasteiger partial charge < -0.3 is 14.6 Å². The Kier molecular flexibility index (Phi) is 6.44. The van der Waals surface area contributed by atoms with E-state index >= 15 is 0 Å². The highest BCUT2D eigenvalue weighted by molar-refractivity contribution is 9.10. The number of nitrogens with one attached hydrogen (secondary N) is 1. The molecule has 156 valence electrons. The summed E-state index contributed by atoms with van der Waals surface area (Å²) in [5.74, 6) is 1.85. The number of aromatic nitrogens is 2. The molecule has 3 aromatic rings. The molecule has 0 aliphatic carbocycles. The zero-order valence-electron chi connectivity index (χ0n) is 16.7. The maximum atomic E-state index is 12.7. The number of likely N-dealkylation sites (tertiary alicyclic amines) is 1. The van der Waals surface area contributed by atoms with Gasteiger partial charge in [0.25, 0.3) is 0 Å². The summed E-state index contributed by atoms with van der Waals surface area (Å²) in [6, 6.07) is 15.3. The van der Waals surface area contributed by atoms with Gasteiger partial charge in [0.05, 0.1) is 19.3 Å². The Bertz CT molecular complexity index is 1010. The van der Waals surface area contributed by atoms with Gasteiger partial charge in [-0.15, -0.1) is 0 Å². The molecule has 1 aliphatic heterocycles. The first kappa shape index (κ1) is 20.6. The maximum Gasteiger partial charge on any atom is 0.241 e. The number of para-hydroxylation sites is 2. The molecule has 0 spiro atoms. The molecular weight excluding hydrogens is 448 g/mol. The summed E-state index contributed by atoms with van der Waals surface area (Å²) in [6.07, 6.45) is 1.57. The second-order valence-corrected chi connectivity index (χ2v) is 8.18. The number of hydrogen-bond acceptors (Lipinski definition) is 6. The van der Waals surface area contributed by atoms with Crippen LogP contribution >= 0.6 is 15.9 Å². The lowest BCUT2D eigenvalue weighted by Gasteiger charge is -2.30. The van der Waals surface area contributed by atoms with E-state index in [0.29, 0.717) is 29.7 Å². The van der Waals surface area contributed by atoms with Crippen LogP contribution in [0.2, 0.25) is 0 Å². The standard InChI is InChI=1S/C22H23BrN4O3/c1-29-19-8-3-2-7-18(19)24-22(28)15-9-11-27(12-10-15)14-20-25-21(26-30-20)16-5-4-6-17(23)13-16/h2-8,13,15H,9-12,14H2,1H3,(H,24,28). The van der Waals surface area contributed by atoms with Crippen molar-refractivity contribution in [1.82, 2.24) is 15.0 Å². The average molecular weight is 471 g/mol. The first-order valence-electron chi connectivity index (χ1n) is 9.87. The number of anilines is 1. The van der Waals surface area contributed by atoms with Crippen LogP contribution in [0.25, 0.3) is 11.4 Å². The van der Waals surface area contributed by atoms with Crippen LogP contribution in [-0.2, 0) is 11.3 Å². The number of ether oxygens (including phenoxy) is 1. The van der Waals surface area contributed by atoms with Crippen LogP contribution in [0.1, 0.15) is 18.7 Å². The van der Waals surface area contributed by atoms with Crippen molar-refractivity contribution in [2.75, 3.05) is 25.5 Å². The molecule has 0 atom stereocenters. The molecule has 1 amide bonds. The number of halogens is 1. The van der Waals surface area contributed by atoms with Gasteiger partial charge in [-0.25, -0.2) is 0 Å². The Hall–Kier alpha value is -2.71. The fourth-order valence-electron chi connectivity index (χ4n) is 3.59. The van der Waals surface area contributed by atoms with E-state index in [1.807, 2.05) is 48.5 Å². The summed E-state index contributed by atoms with van der Waals surface area (Å²) in [7, 11) is 1.60. The summed E-state index contributed by atoms with van der Waals surface area (Å²) >= 11 is 3.46. The molecule has 7 nitrogen and oxygen atoms in total. The highest BCUT2D eigenvalue weighted by Gasteiger charge is 2.26. The fraction of sp³-hybridized carbons (Fsp3) is 0.318. The van der Waals surface area contributed by atoms with Gasteiger partial charge in [0, 0.05) is 16.0 Å². The van der Waals surface area contributed by atoms with Gasteiger partial charge in [-0.3, -0.25) is 9.69 Å². The smallest absolute Gasteiger partial charge is 0.241 e. The lowest BCUT2D eigenvalue weighted by atomic mass is 9.96. The first-order chi connectivity index (χ1) is 14.6. The zero-order valence-corrected chi connectivity index (χ0v) is 18.3. The molecule has 1 N–H and O–H groups in total. The van der Waals surface area contributed by atoms with E-state index < -0.39 is 0 Å². The van der Waals surface area contributed by atoms with Gasteiger partial charge in [0.15, 0.2) is 0 Å². The molecule has 0 bridgehead atoms. The van der Waals surface area contributed by atoms with Gasteiger partial charge in [-0.1, -0.05) is 45.4 Å². The van der Waals surface area contributed by atoms with Crippen LogP contribution in [-0.4, -0.2) is 41.1 Å². The largest absolute Gasteiger partial charge is 0.495 e. The number of piperidine rings is 1. The van der Waals surface area contributed by atoms with Gasteiger partial charge in [-0.2, -0.15) is 4.98 Å². The zero-order chi connectivity index (χ0) is 20.9. The van der Waals surface area contributed by atoms with Crippen LogP contribution in [0.5, 0.6) is 5.75 Å². The minimum absolute atomic E-state index is 0.0222. The predicted octanol–water partition coefficient (Wildman–Crippen LogP) is 4.36. The molecule has 1 saturated heterocycles. The first-order valence-corrected chi connectivity index (χ1v) is 10.7. The topological polar surface area (TPSA) is 80.5 Å². The van der Waals surface area contributed by atoms with E-state index in [4.69, 9.17) is 9.26 Å². The Morgan fingerprint density at radius 1 is 1.23 bits per heavy atom. The molecule has 0 saturated carbocycles. The molecule has 1 aromatic heterocycles. The van der Waals surface area contributed by atoms with Crippen LogP contribution in [0.4, 0.5) is 5.69 Å². The van der Waals surface area contributed by atoms with Crippen LogP contribution < -0.4 is 10.1 Å². The highest BCUT2D eigenvalue weighted by Crippen LogP contribution is 2.26. The number of benzene rings is 2. The maximum absolute atomic E-state index is 12.7. The lowest BCUT2D eigenvalue weighted by Crippen LogP contribution is -2.37. The Balaban J connectivity index is 1.30. The Morgan fingerprint density at radius 3 is 2.80 bits per heavy atom. The number of hydrogen-bond donors (Lipinski definition) is 1. The van der Waals surface area contributed by atoms with Crippen molar-refractivity contribution in [3.63, 3.8) is 0 Å². The molecule has 1 fully saturated rings. The molecule has 0 unspecified atom stereocenters. The van der Waals surface area contributed by atoms with Crippen molar-refractivity contribution in [2.45, 2.75) is 19.4 Å². The van der Waals surface area contributed by atoms with E-state index in [2.05, 4.69) is 36.3 Å². The molecule has 4 rings (SSSR count). The summed E-state index contributed by atoms with van der Waals surface area (Å²) in [5, 5.41) is 7.08. The number of rotatable bonds is 6. The monoisotopic (exact) mass is 470 g/mol. The average Bonchev–Trinajstić information content (AvgIpc) is 3.23. The molecular formula is C22H23BrN4O3. The van der Waals surface area contributed by atoms with E-state index in [-0.39, 0.29) is 11.8 Å². The third-order valence-electron chi connectivity index (χ3n) is 5.23. The van der Waals surface area contributed by atoms with Crippen LogP contribution in [0.3, 0.4) is 0 Å². The highest BCUT2D eigenvalue weighted by atomic mass is 79.9. The Morgan fingerprint density at radius 2 is 2.03 bits per heavy atom. The second-order valence-electron chi connectivity index (χ2n) is 7.26. The number of nitrogens with zero attached hydrogens (tertiary/aromatic N) is 3. The van der Waals surface area contributed by atoms with Crippen molar-refractivity contribution in [1.29, 1.82) is 0 Å². The number of methoxy groups -OCH3 is 1. The number of carbonyl (C=O) groups is 1. The SMILES string of the molecule is COc1ccccc1NC(=O)C1CCN(Cc2nc(-c3cccc(Br)c3)no2)CC1. The van der Waals surface area contributed by atoms with Crippen molar-refractivity contribution < 1.29 is 14.1 Å². The molecule has 1 aliphatic rings. The van der Waals surface area contributed by atoms with Crippen molar-refractivity contribution in [3.8, 4) is 17.1 Å². The summed E-state index contributed by atoms with van der Waals surface area (Å²) < 4.78 is 11.7. The van der Waals surface area contributed by atoms with Gasteiger partial charge in [-0.05, 0) is 50.2 Å². The van der Waals surface area contributed by atoms with Gasteiger partial charge in [0.2, 0.25) is 17.6 Å². The number of amides is 1. The lowest BCUT2D eigenvalue weighted by molar-refractivity contribution is -0.121.